The number of hydrogen-bond acceptors (Lipinski definition) is 4. The minimum Gasteiger partial charge on any atom is -0.497 e. The molecule has 0 saturated heterocycles. The fourth-order valence-corrected chi connectivity index (χ4v) is 1.88. The van der Waals surface area contributed by atoms with Crippen LogP contribution < -0.4 is 14.8 Å². The molecule has 4 heteroatoms. The minimum absolute atomic E-state index is 0.614. The van der Waals surface area contributed by atoms with Gasteiger partial charge in [-0.3, -0.25) is 0 Å². The topological polar surface area (TPSA) is 43.4 Å². The summed E-state index contributed by atoms with van der Waals surface area (Å²) < 4.78 is 11.0. The van der Waals surface area contributed by atoms with Crippen LogP contribution in [0.3, 0.4) is 0 Å². The Labute approximate surface area is 113 Å². The lowest BCUT2D eigenvalue weighted by Crippen LogP contribution is -2.21. The molecule has 0 amide bonds. The molecule has 2 aromatic rings. The zero-order valence-electron chi connectivity index (χ0n) is 11.5. The molecule has 19 heavy (non-hydrogen) atoms. The molecule has 102 valence electrons. The highest BCUT2D eigenvalue weighted by Crippen LogP contribution is 2.26. The van der Waals surface area contributed by atoms with E-state index in [4.69, 9.17) is 9.47 Å². The molecule has 2 rings (SSSR count). The summed E-state index contributed by atoms with van der Waals surface area (Å²) in [5.41, 5.74) is 0. The second kappa shape index (κ2) is 6.95. The van der Waals surface area contributed by atoms with Gasteiger partial charge < -0.3 is 14.8 Å². The molecule has 0 radical (unpaired) electrons. The number of benzene rings is 1. The number of nitrogens with one attached hydrogen (secondary N) is 1. The number of rotatable bonds is 7. The van der Waals surface area contributed by atoms with Gasteiger partial charge in [0, 0.05) is 18.1 Å². The van der Waals surface area contributed by atoms with Crippen molar-refractivity contribution in [3.05, 3.63) is 30.5 Å². The zero-order valence-corrected chi connectivity index (χ0v) is 11.5. The number of fused-ring (bicyclic) bond motifs is 1. The Morgan fingerprint density at radius 1 is 1.21 bits per heavy atom. The summed E-state index contributed by atoms with van der Waals surface area (Å²) in [6.45, 7) is 4.60. The average Bonchev–Trinajstić information content (AvgIpc) is 2.46. The molecule has 4 nitrogen and oxygen atoms in total. The zero-order chi connectivity index (χ0) is 13.5. The summed E-state index contributed by atoms with van der Waals surface area (Å²) in [6, 6.07) is 7.88. The van der Waals surface area contributed by atoms with Gasteiger partial charge in [0.25, 0.3) is 0 Å². The maximum absolute atomic E-state index is 5.74. The molecule has 1 heterocycles. The third-order valence-electron chi connectivity index (χ3n) is 2.88. The predicted octanol–water partition coefficient (Wildman–Crippen LogP) is 2.62. The highest BCUT2D eigenvalue weighted by molar-refractivity contribution is 5.87. The normalized spacial score (nSPS) is 10.6. The van der Waals surface area contributed by atoms with Crippen molar-refractivity contribution in [1.82, 2.24) is 10.3 Å². The molecular formula is C15H20N2O2. The van der Waals surface area contributed by atoms with Crippen molar-refractivity contribution in [2.75, 3.05) is 26.8 Å². The SMILES string of the molecule is CCCNCCOc1nccc2ccc(OC)cc12. The third-order valence-corrected chi connectivity index (χ3v) is 2.88. The van der Waals surface area contributed by atoms with Gasteiger partial charge in [0.15, 0.2) is 0 Å². The minimum atomic E-state index is 0.614. The maximum Gasteiger partial charge on any atom is 0.221 e. The van der Waals surface area contributed by atoms with Crippen LogP contribution in [0.15, 0.2) is 30.5 Å². The van der Waals surface area contributed by atoms with E-state index in [9.17, 15) is 0 Å². The van der Waals surface area contributed by atoms with Crippen molar-refractivity contribution in [1.29, 1.82) is 0 Å². The molecule has 0 aliphatic heterocycles. The molecule has 1 N–H and O–H groups in total. The Morgan fingerprint density at radius 3 is 2.89 bits per heavy atom. The standard InChI is InChI=1S/C15H20N2O2/c1-3-7-16-9-10-19-15-14-11-13(18-2)5-4-12(14)6-8-17-15/h4-6,8,11,16H,3,7,9-10H2,1-2H3. The van der Waals surface area contributed by atoms with E-state index < -0.39 is 0 Å². The van der Waals surface area contributed by atoms with Crippen LogP contribution in [-0.4, -0.2) is 31.8 Å². The molecule has 0 atom stereocenters. The van der Waals surface area contributed by atoms with Crippen LogP contribution in [0.25, 0.3) is 10.8 Å². The molecular weight excluding hydrogens is 240 g/mol. The molecule has 0 bridgehead atoms. The van der Waals surface area contributed by atoms with Crippen molar-refractivity contribution < 1.29 is 9.47 Å². The molecule has 0 fully saturated rings. The van der Waals surface area contributed by atoms with Crippen LogP contribution in [0.1, 0.15) is 13.3 Å². The van der Waals surface area contributed by atoms with E-state index in [1.165, 1.54) is 0 Å². The largest absolute Gasteiger partial charge is 0.497 e. The number of hydrogen-bond donors (Lipinski definition) is 1. The second-order valence-corrected chi connectivity index (χ2v) is 4.30. The van der Waals surface area contributed by atoms with Gasteiger partial charge in [0.2, 0.25) is 5.88 Å². The smallest absolute Gasteiger partial charge is 0.221 e. The first-order valence-corrected chi connectivity index (χ1v) is 6.61. The van der Waals surface area contributed by atoms with E-state index in [1.54, 1.807) is 13.3 Å². The number of methoxy groups -OCH3 is 1. The van der Waals surface area contributed by atoms with Crippen LogP contribution in [0.5, 0.6) is 11.6 Å². The molecule has 1 aromatic carbocycles. The molecule has 0 unspecified atom stereocenters. The van der Waals surface area contributed by atoms with Gasteiger partial charge in [-0.25, -0.2) is 4.98 Å². The molecule has 0 aliphatic rings. The highest BCUT2D eigenvalue weighted by atomic mass is 16.5. The summed E-state index contributed by atoms with van der Waals surface area (Å²) >= 11 is 0. The quantitative estimate of drug-likeness (QED) is 0.777. The lowest BCUT2D eigenvalue weighted by atomic mass is 10.1. The van der Waals surface area contributed by atoms with Crippen LogP contribution in [0.2, 0.25) is 0 Å². The Kier molecular flexibility index (Phi) is 4.98. The van der Waals surface area contributed by atoms with Crippen molar-refractivity contribution >= 4 is 10.8 Å². The van der Waals surface area contributed by atoms with Crippen molar-refractivity contribution in [3.63, 3.8) is 0 Å². The molecule has 1 aromatic heterocycles. The van der Waals surface area contributed by atoms with Gasteiger partial charge in [-0.2, -0.15) is 0 Å². The predicted molar refractivity (Wildman–Crippen MR) is 77.0 cm³/mol. The number of ether oxygens (including phenoxy) is 2. The van der Waals surface area contributed by atoms with E-state index in [-0.39, 0.29) is 0 Å². The summed E-state index contributed by atoms with van der Waals surface area (Å²) in [7, 11) is 1.66. The fourth-order valence-electron chi connectivity index (χ4n) is 1.88. The van der Waals surface area contributed by atoms with E-state index in [1.807, 2.05) is 24.3 Å². The van der Waals surface area contributed by atoms with Crippen molar-refractivity contribution in [2.24, 2.45) is 0 Å². The Balaban J connectivity index is 2.08. The van der Waals surface area contributed by atoms with E-state index in [2.05, 4.69) is 17.2 Å². The Bertz CT molecular complexity index is 529. The van der Waals surface area contributed by atoms with Crippen molar-refractivity contribution in [3.8, 4) is 11.6 Å². The van der Waals surface area contributed by atoms with E-state index in [0.29, 0.717) is 12.5 Å². The van der Waals surface area contributed by atoms with Crippen LogP contribution in [0, 0.1) is 0 Å². The third kappa shape index (κ3) is 3.58. The number of aromatic nitrogens is 1. The monoisotopic (exact) mass is 260 g/mol. The summed E-state index contributed by atoms with van der Waals surface area (Å²) in [4.78, 5) is 4.29. The summed E-state index contributed by atoms with van der Waals surface area (Å²) in [5.74, 6) is 1.48. The van der Waals surface area contributed by atoms with Gasteiger partial charge in [0.1, 0.15) is 12.4 Å². The molecule has 0 spiro atoms. The van der Waals surface area contributed by atoms with Gasteiger partial charge in [-0.05, 0) is 36.6 Å². The lowest BCUT2D eigenvalue weighted by Gasteiger charge is -2.09. The van der Waals surface area contributed by atoms with Gasteiger partial charge in [-0.1, -0.05) is 13.0 Å². The van der Waals surface area contributed by atoms with Crippen molar-refractivity contribution in [2.45, 2.75) is 13.3 Å². The average molecular weight is 260 g/mol. The van der Waals surface area contributed by atoms with Gasteiger partial charge >= 0.3 is 0 Å². The number of pyridine rings is 1. The highest BCUT2D eigenvalue weighted by Gasteiger charge is 2.04. The summed E-state index contributed by atoms with van der Waals surface area (Å²) in [5, 5.41) is 5.39. The van der Waals surface area contributed by atoms with Crippen LogP contribution in [-0.2, 0) is 0 Å². The number of nitrogens with zero attached hydrogens (tertiary/aromatic N) is 1. The Hall–Kier alpha value is -1.81. The first-order chi connectivity index (χ1) is 9.35. The van der Waals surface area contributed by atoms with Crippen LogP contribution in [0.4, 0.5) is 0 Å². The van der Waals surface area contributed by atoms with E-state index >= 15 is 0 Å². The second-order valence-electron chi connectivity index (χ2n) is 4.30. The first-order valence-electron chi connectivity index (χ1n) is 6.61. The van der Waals surface area contributed by atoms with Gasteiger partial charge in [-0.15, -0.1) is 0 Å². The van der Waals surface area contributed by atoms with Gasteiger partial charge in [0.05, 0.1) is 7.11 Å². The fraction of sp³-hybridized carbons (Fsp3) is 0.400. The Morgan fingerprint density at radius 2 is 2.11 bits per heavy atom. The van der Waals surface area contributed by atoms with E-state index in [0.717, 1.165) is 36.0 Å². The van der Waals surface area contributed by atoms with Crippen LogP contribution >= 0.6 is 0 Å². The molecule has 0 aliphatic carbocycles. The molecule has 0 saturated carbocycles. The lowest BCUT2D eigenvalue weighted by molar-refractivity contribution is 0.306. The first kappa shape index (κ1) is 13.6. The maximum atomic E-state index is 5.74. The summed E-state index contributed by atoms with van der Waals surface area (Å²) in [6.07, 6.45) is 2.90.